The molecule has 2 atom stereocenters. The van der Waals surface area contributed by atoms with Crippen LogP contribution in [0.4, 0.5) is 8.78 Å². The molecule has 0 spiro atoms. The second kappa shape index (κ2) is 12.1. The van der Waals surface area contributed by atoms with E-state index in [1.165, 1.54) is 23.4 Å². The summed E-state index contributed by atoms with van der Waals surface area (Å²) in [6, 6.07) is 0.633. The van der Waals surface area contributed by atoms with E-state index in [0.717, 1.165) is 51.2 Å². The molecule has 1 fully saturated rings. The van der Waals surface area contributed by atoms with Gasteiger partial charge in [-0.3, -0.25) is 4.90 Å². The highest BCUT2D eigenvalue weighted by molar-refractivity contribution is 5.20. The molecule has 2 aliphatic heterocycles. The van der Waals surface area contributed by atoms with Crippen molar-refractivity contribution in [2.24, 2.45) is 11.5 Å². The molecular weight excluding hydrogens is 374 g/mol. The SMILES string of the molecule is CC/C=C(/N)CCNC1=C(C)CN(C2COCC(N)C2)C1.FC1=CC=C(F)CC1. The number of nitrogens with two attached hydrogens (primary N) is 2. The third kappa shape index (κ3) is 8.28. The lowest BCUT2D eigenvalue weighted by molar-refractivity contribution is 0.0161. The molecule has 3 rings (SSSR count). The Labute approximate surface area is 173 Å². The van der Waals surface area contributed by atoms with Gasteiger partial charge in [-0.05, 0) is 37.5 Å². The molecule has 0 bridgehead atoms. The lowest BCUT2D eigenvalue weighted by Gasteiger charge is -2.34. The van der Waals surface area contributed by atoms with Crippen LogP contribution in [-0.4, -0.2) is 49.8 Å². The maximum Gasteiger partial charge on any atom is 0.100 e. The van der Waals surface area contributed by atoms with Crippen molar-refractivity contribution >= 4 is 0 Å². The van der Waals surface area contributed by atoms with Gasteiger partial charge in [0.1, 0.15) is 11.7 Å². The summed E-state index contributed by atoms with van der Waals surface area (Å²) in [6.45, 7) is 8.72. The van der Waals surface area contributed by atoms with Gasteiger partial charge in [-0.25, -0.2) is 8.78 Å². The first kappa shape index (κ1) is 23.6. The summed E-state index contributed by atoms with van der Waals surface area (Å²) in [7, 11) is 0. The largest absolute Gasteiger partial charge is 0.402 e. The Balaban J connectivity index is 0.000000313. The monoisotopic (exact) mass is 410 g/mol. The zero-order valence-electron chi connectivity index (χ0n) is 17.7. The van der Waals surface area contributed by atoms with Crippen LogP contribution < -0.4 is 16.8 Å². The number of nitrogens with zero attached hydrogens (tertiary/aromatic N) is 1. The van der Waals surface area contributed by atoms with E-state index in [0.29, 0.717) is 12.6 Å². The van der Waals surface area contributed by atoms with Crippen LogP contribution in [0.15, 0.2) is 46.8 Å². The molecule has 29 heavy (non-hydrogen) atoms. The van der Waals surface area contributed by atoms with E-state index >= 15 is 0 Å². The molecule has 7 heteroatoms. The minimum Gasteiger partial charge on any atom is -0.402 e. The normalized spacial score (nSPS) is 25.9. The van der Waals surface area contributed by atoms with E-state index < -0.39 is 0 Å². The predicted octanol–water partition coefficient (Wildman–Crippen LogP) is 3.41. The van der Waals surface area contributed by atoms with Gasteiger partial charge in [-0.2, -0.15) is 0 Å². The Kier molecular flexibility index (Phi) is 9.84. The quantitative estimate of drug-likeness (QED) is 0.626. The second-order valence-electron chi connectivity index (χ2n) is 7.94. The molecule has 0 radical (unpaired) electrons. The maximum absolute atomic E-state index is 12.0. The van der Waals surface area contributed by atoms with Crippen LogP contribution in [-0.2, 0) is 4.74 Å². The van der Waals surface area contributed by atoms with Gasteiger partial charge in [0, 0.05) is 62.4 Å². The topological polar surface area (TPSA) is 76.5 Å². The molecule has 2 unspecified atom stereocenters. The maximum atomic E-state index is 12.0. The van der Waals surface area contributed by atoms with E-state index in [2.05, 4.69) is 30.1 Å². The Hall–Kier alpha value is -1.70. The first-order valence-electron chi connectivity index (χ1n) is 10.5. The van der Waals surface area contributed by atoms with Crippen molar-refractivity contribution in [3.8, 4) is 0 Å². The Morgan fingerprint density at radius 3 is 2.52 bits per heavy atom. The highest BCUT2D eigenvalue weighted by Gasteiger charge is 2.29. The smallest absolute Gasteiger partial charge is 0.100 e. The van der Waals surface area contributed by atoms with Gasteiger partial charge in [-0.1, -0.05) is 13.0 Å². The van der Waals surface area contributed by atoms with Crippen molar-refractivity contribution in [1.29, 1.82) is 0 Å². The Morgan fingerprint density at radius 1 is 1.24 bits per heavy atom. The molecule has 0 aromatic heterocycles. The van der Waals surface area contributed by atoms with Crippen molar-refractivity contribution in [2.75, 3.05) is 32.8 Å². The molecule has 1 saturated heterocycles. The fourth-order valence-electron chi connectivity index (χ4n) is 3.66. The minimum absolute atomic E-state index is 0.181. The molecule has 5 nitrogen and oxygen atoms in total. The average Bonchev–Trinajstić information content (AvgIpc) is 3.06. The number of hydrogen-bond donors (Lipinski definition) is 3. The first-order valence-corrected chi connectivity index (χ1v) is 10.5. The van der Waals surface area contributed by atoms with Gasteiger partial charge in [0.05, 0.1) is 13.2 Å². The fourth-order valence-corrected chi connectivity index (χ4v) is 3.66. The molecule has 1 aliphatic carbocycles. The summed E-state index contributed by atoms with van der Waals surface area (Å²) < 4.78 is 29.6. The predicted molar refractivity (Wildman–Crippen MR) is 114 cm³/mol. The molecule has 0 aromatic rings. The standard InChI is InChI=1S/C16H30N4O.C6H6F2/c1-3-4-13(17)5-6-19-16-9-20(8-12(16)2)15-7-14(18)10-21-11-15;7-5-1-2-6(8)4-3-5/h4,14-15,19H,3,5-11,17-18H2,1-2H3;1-2H,3-4H2/b13-4+;. The zero-order valence-corrected chi connectivity index (χ0v) is 17.7. The first-order chi connectivity index (χ1) is 13.9. The summed E-state index contributed by atoms with van der Waals surface area (Å²) in [5, 5.41) is 3.55. The lowest BCUT2D eigenvalue weighted by Crippen LogP contribution is -2.47. The minimum atomic E-state index is -0.230. The van der Waals surface area contributed by atoms with Crippen LogP contribution in [0.1, 0.15) is 46.0 Å². The van der Waals surface area contributed by atoms with Gasteiger partial charge in [-0.15, -0.1) is 0 Å². The highest BCUT2D eigenvalue weighted by atomic mass is 19.1. The number of nitrogens with one attached hydrogen (secondary N) is 1. The van der Waals surface area contributed by atoms with Crippen LogP contribution in [0, 0.1) is 0 Å². The van der Waals surface area contributed by atoms with E-state index in [1.807, 2.05) is 0 Å². The van der Waals surface area contributed by atoms with Gasteiger partial charge in [0.25, 0.3) is 0 Å². The van der Waals surface area contributed by atoms with Crippen molar-refractivity contribution < 1.29 is 13.5 Å². The van der Waals surface area contributed by atoms with E-state index in [1.54, 1.807) is 0 Å². The lowest BCUT2D eigenvalue weighted by atomic mass is 10.1. The second-order valence-corrected chi connectivity index (χ2v) is 7.94. The summed E-state index contributed by atoms with van der Waals surface area (Å²) in [6.07, 6.45) is 7.81. The number of rotatable bonds is 6. The van der Waals surface area contributed by atoms with Gasteiger partial charge >= 0.3 is 0 Å². The van der Waals surface area contributed by atoms with Crippen LogP contribution in [0.25, 0.3) is 0 Å². The summed E-state index contributed by atoms with van der Waals surface area (Å²) in [4.78, 5) is 2.47. The highest BCUT2D eigenvalue weighted by Crippen LogP contribution is 2.22. The van der Waals surface area contributed by atoms with Gasteiger partial charge in [0.15, 0.2) is 0 Å². The van der Waals surface area contributed by atoms with E-state index in [4.69, 9.17) is 16.2 Å². The van der Waals surface area contributed by atoms with Crippen LogP contribution in [0.5, 0.6) is 0 Å². The average molecular weight is 411 g/mol. The molecule has 2 heterocycles. The van der Waals surface area contributed by atoms with Gasteiger partial charge < -0.3 is 21.5 Å². The van der Waals surface area contributed by atoms with Crippen LogP contribution >= 0.6 is 0 Å². The van der Waals surface area contributed by atoms with Crippen LogP contribution in [0.2, 0.25) is 0 Å². The molecular formula is C22H36F2N4O. The van der Waals surface area contributed by atoms with Crippen molar-refractivity contribution in [2.45, 2.75) is 58.0 Å². The van der Waals surface area contributed by atoms with Crippen molar-refractivity contribution in [3.05, 3.63) is 46.8 Å². The fraction of sp³-hybridized carbons (Fsp3) is 0.636. The number of allylic oxidation sites excluding steroid dienone is 5. The Bertz CT molecular complexity index is 639. The summed E-state index contributed by atoms with van der Waals surface area (Å²) >= 11 is 0. The molecule has 0 amide bonds. The molecule has 0 saturated carbocycles. The third-order valence-electron chi connectivity index (χ3n) is 5.32. The number of hydrogen-bond acceptors (Lipinski definition) is 5. The summed E-state index contributed by atoms with van der Waals surface area (Å²) in [5.41, 5.74) is 15.7. The van der Waals surface area contributed by atoms with Crippen molar-refractivity contribution in [3.63, 3.8) is 0 Å². The third-order valence-corrected chi connectivity index (χ3v) is 5.32. The van der Waals surface area contributed by atoms with Crippen LogP contribution in [0.3, 0.4) is 0 Å². The molecule has 3 aliphatic rings. The molecule has 5 N–H and O–H groups in total. The molecule has 0 aromatic carbocycles. The number of halogens is 2. The zero-order chi connectivity index (χ0) is 21.2. The van der Waals surface area contributed by atoms with Gasteiger partial charge in [0.2, 0.25) is 0 Å². The molecule has 164 valence electrons. The number of ether oxygens (including phenoxy) is 1. The van der Waals surface area contributed by atoms with Crippen molar-refractivity contribution in [1.82, 2.24) is 10.2 Å². The summed E-state index contributed by atoms with van der Waals surface area (Å²) in [5.74, 6) is -0.460. The van der Waals surface area contributed by atoms with E-state index in [9.17, 15) is 8.78 Å². The Morgan fingerprint density at radius 2 is 1.93 bits per heavy atom. The van der Waals surface area contributed by atoms with E-state index in [-0.39, 0.29) is 30.5 Å².